The second-order valence-corrected chi connectivity index (χ2v) is 3.96. The van der Waals surface area contributed by atoms with Gasteiger partial charge in [0, 0.05) is 13.1 Å². The highest BCUT2D eigenvalue weighted by Gasteiger charge is 2.18. The molecule has 0 saturated carbocycles. The van der Waals surface area contributed by atoms with Gasteiger partial charge in [0.15, 0.2) is 5.76 Å². The number of rotatable bonds is 3. The molecule has 1 aromatic rings. The third-order valence-corrected chi connectivity index (χ3v) is 2.66. The zero-order valence-electron chi connectivity index (χ0n) is 9.31. The summed E-state index contributed by atoms with van der Waals surface area (Å²) in [6.07, 6.45) is 3.29. The molecule has 0 unspecified atom stereocenters. The molecule has 1 amide bonds. The maximum atomic E-state index is 11.7. The van der Waals surface area contributed by atoms with Gasteiger partial charge < -0.3 is 9.52 Å². The van der Waals surface area contributed by atoms with Gasteiger partial charge >= 0.3 is 11.9 Å². The van der Waals surface area contributed by atoms with Crippen molar-refractivity contribution in [3.05, 3.63) is 23.7 Å². The van der Waals surface area contributed by atoms with Crippen molar-refractivity contribution in [2.24, 2.45) is 0 Å². The summed E-state index contributed by atoms with van der Waals surface area (Å²) < 4.78 is 4.91. The number of hydrogen-bond donors (Lipinski definition) is 2. The second kappa shape index (κ2) is 5.01. The van der Waals surface area contributed by atoms with E-state index < -0.39 is 11.9 Å². The van der Waals surface area contributed by atoms with Crippen molar-refractivity contribution in [2.45, 2.75) is 19.3 Å². The average Bonchev–Trinajstić information content (AvgIpc) is 2.79. The summed E-state index contributed by atoms with van der Waals surface area (Å²) in [6.45, 7) is 1.64. The summed E-state index contributed by atoms with van der Waals surface area (Å²) in [6, 6.07) is 2.64. The third-order valence-electron chi connectivity index (χ3n) is 2.66. The molecule has 2 heterocycles. The fourth-order valence-electron chi connectivity index (χ4n) is 1.78. The summed E-state index contributed by atoms with van der Waals surface area (Å²) in [5.41, 5.74) is 2.70. The van der Waals surface area contributed by atoms with Gasteiger partial charge in [-0.1, -0.05) is 6.42 Å². The second-order valence-electron chi connectivity index (χ2n) is 3.96. The number of amides is 1. The Morgan fingerprint density at radius 2 is 1.82 bits per heavy atom. The standard InChI is InChI=1S/C11H14N2O4/c14-10(12-13-6-2-1-3-7-13)8-4-5-9(17-8)11(15)16/h4-5H,1-3,6-7H2,(H,12,14)(H,15,16). The number of hydrazine groups is 1. The van der Waals surface area contributed by atoms with Gasteiger partial charge in [-0.2, -0.15) is 0 Å². The van der Waals surface area contributed by atoms with Gasteiger partial charge in [-0.3, -0.25) is 10.2 Å². The van der Waals surface area contributed by atoms with Crippen molar-refractivity contribution in [1.82, 2.24) is 10.4 Å². The first-order chi connectivity index (χ1) is 8.16. The predicted octanol–water partition coefficient (Wildman–Crippen LogP) is 1.11. The minimum absolute atomic E-state index is 0.0213. The summed E-state index contributed by atoms with van der Waals surface area (Å²) in [7, 11) is 0. The molecule has 0 spiro atoms. The van der Waals surface area contributed by atoms with Gasteiger partial charge in [-0.05, 0) is 25.0 Å². The first kappa shape index (κ1) is 11.7. The van der Waals surface area contributed by atoms with E-state index >= 15 is 0 Å². The molecule has 2 rings (SSSR count). The fraction of sp³-hybridized carbons (Fsp3) is 0.455. The zero-order chi connectivity index (χ0) is 12.3. The number of hydrogen-bond acceptors (Lipinski definition) is 4. The highest BCUT2D eigenvalue weighted by atomic mass is 16.4. The number of carbonyl (C=O) groups excluding carboxylic acids is 1. The molecular weight excluding hydrogens is 224 g/mol. The maximum absolute atomic E-state index is 11.7. The van der Waals surface area contributed by atoms with Crippen LogP contribution in [0.4, 0.5) is 0 Å². The Hall–Kier alpha value is -1.82. The normalized spacial score (nSPS) is 16.7. The van der Waals surface area contributed by atoms with Gasteiger partial charge in [0.25, 0.3) is 0 Å². The van der Waals surface area contributed by atoms with Gasteiger partial charge in [-0.25, -0.2) is 9.80 Å². The summed E-state index contributed by atoms with van der Waals surface area (Å²) >= 11 is 0. The lowest BCUT2D eigenvalue weighted by atomic mass is 10.2. The van der Waals surface area contributed by atoms with Crippen LogP contribution >= 0.6 is 0 Å². The molecule has 0 bridgehead atoms. The molecule has 0 atom stereocenters. The Kier molecular flexibility index (Phi) is 3.43. The van der Waals surface area contributed by atoms with Gasteiger partial charge in [0.05, 0.1) is 0 Å². The van der Waals surface area contributed by atoms with Crippen molar-refractivity contribution in [3.8, 4) is 0 Å². The Labute approximate surface area is 98.2 Å². The molecule has 92 valence electrons. The molecule has 0 aromatic carbocycles. The third kappa shape index (κ3) is 2.85. The van der Waals surface area contributed by atoms with Crippen molar-refractivity contribution in [3.63, 3.8) is 0 Å². The lowest BCUT2D eigenvalue weighted by molar-refractivity contribution is 0.0650. The van der Waals surface area contributed by atoms with Crippen molar-refractivity contribution in [2.75, 3.05) is 13.1 Å². The summed E-state index contributed by atoms with van der Waals surface area (Å²) in [5, 5.41) is 10.5. The number of carbonyl (C=O) groups is 2. The van der Waals surface area contributed by atoms with Crippen LogP contribution in [0, 0.1) is 0 Å². The molecule has 1 aliphatic rings. The summed E-state index contributed by atoms with van der Waals surface area (Å²) in [5.74, 6) is -1.79. The van der Waals surface area contributed by atoms with E-state index in [1.54, 1.807) is 0 Å². The number of nitrogens with zero attached hydrogens (tertiary/aromatic N) is 1. The van der Waals surface area contributed by atoms with E-state index in [1.807, 2.05) is 5.01 Å². The lowest BCUT2D eigenvalue weighted by Crippen LogP contribution is -2.44. The molecule has 17 heavy (non-hydrogen) atoms. The van der Waals surface area contributed by atoms with Crippen LogP contribution in [0.5, 0.6) is 0 Å². The first-order valence-corrected chi connectivity index (χ1v) is 5.56. The van der Waals surface area contributed by atoms with Crippen LogP contribution in [0.25, 0.3) is 0 Å². The van der Waals surface area contributed by atoms with E-state index in [0.29, 0.717) is 0 Å². The number of nitrogens with one attached hydrogen (secondary N) is 1. The van der Waals surface area contributed by atoms with Gasteiger partial charge in [0.2, 0.25) is 5.76 Å². The SMILES string of the molecule is O=C(O)c1ccc(C(=O)NN2CCCCC2)o1. The molecule has 1 fully saturated rings. The molecule has 6 nitrogen and oxygen atoms in total. The fourth-order valence-corrected chi connectivity index (χ4v) is 1.78. The topological polar surface area (TPSA) is 82.8 Å². The van der Waals surface area contributed by atoms with Crippen LogP contribution in [0.3, 0.4) is 0 Å². The number of furan rings is 1. The van der Waals surface area contributed by atoms with Crippen molar-refractivity contribution < 1.29 is 19.1 Å². The quantitative estimate of drug-likeness (QED) is 0.824. The van der Waals surface area contributed by atoms with Gasteiger partial charge in [-0.15, -0.1) is 0 Å². The Bertz CT molecular complexity index is 421. The largest absolute Gasteiger partial charge is 0.475 e. The Balaban J connectivity index is 1.96. The maximum Gasteiger partial charge on any atom is 0.371 e. The molecule has 2 N–H and O–H groups in total. The zero-order valence-corrected chi connectivity index (χ0v) is 9.31. The molecule has 0 aliphatic carbocycles. The highest BCUT2D eigenvalue weighted by molar-refractivity contribution is 5.93. The number of aromatic carboxylic acids is 1. The number of carboxylic acids is 1. The molecular formula is C11H14N2O4. The van der Waals surface area contributed by atoms with Crippen LogP contribution in [-0.2, 0) is 0 Å². The lowest BCUT2D eigenvalue weighted by Gasteiger charge is -2.26. The Morgan fingerprint density at radius 3 is 2.41 bits per heavy atom. The average molecular weight is 238 g/mol. The Morgan fingerprint density at radius 1 is 1.18 bits per heavy atom. The van der Waals surface area contributed by atoms with Crippen LogP contribution in [0.15, 0.2) is 16.5 Å². The number of carboxylic acid groups (broad SMARTS) is 1. The first-order valence-electron chi connectivity index (χ1n) is 5.56. The summed E-state index contributed by atoms with van der Waals surface area (Å²) in [4.78, 5) is 22.3. The molecule has 1 aliphatic heterocycles. The van der Waals surface area contributed by atoms with Crippen LogP contribution in [0.1, 0.15) is 40.4 Å². The van der Waals surface area contributed by atoms with Gasteiger partial charge in [0.1, 0.15) is 0 Å². The minimum atomic E-state index is -1.18. The van der Waals surface area contributed by atoms with E-state index in [0.717, 1.165) is 25.9 Å². The van der Waals surface area contributed by atoms with Crippen LogP contribution in [-0.4, -0.2) is 35.1 Å². The molecule has 1 saturated heterocycles. The van der Waals surface area contributed by atoms with Crippen LogP contribution in [0.2, 0.25) is 0 Å². The minimum Gasteiger partial charge on any atom is -0.475 e. The smallest absolute Gasteiger partial charge is 0.371 e. The number of piperidine rings is 1. The van der Waals surface area contributed by atoms with Crippen LogP contribution < -0.4 is 5.43 Å². The molecule has 1 aromatic heterocycles. The van der Waals surface area contributed by atoms with E-state index in [1.165, 1.54) is 18.6 Å². The predicted molar refractivity (Wildman–Crippen MR) is 58.6 cm³/mol. The van der Waals surface area contributed by atoms with E-state index in [9.17, 15) is 9.59 Å². The monoisotopic (exact) mass is 238 g/mol. The van der Waals surface area contributed by atoms with E-state index in [2.05, 4.69) is 5.43 Å². The highest BCUT2D eigenvalue weighted by Crippen LogP contribution is 2.10. The molecule has 0 radical (unpaired) electrons. The van der Waals surface area contributed by atoms with Crippen molar-refractivity contribution >= 4 is 11.9 Å². The van der Waals surface area contributed by atoms with E-state index in [4.69, 9.17) is 9.52 Å². The van der Waals surface area contributed by atoms with E-state index in [-0.39, 0.29) is 11.5 Å². The van der Waals surface area contributed by atoms with Crippen molar-refractivity contribution in [1.29, 1.82) is 0 Å². The molecule has 6 heteroatoms.